The van der Waals surface area contributed by atoms with Gasteiger partial charge in [-0.1, -0.05) is 60.2 Å². The van der Waals surface area contributed by atoms with Crippen molar-refractivity contribution in [1.29, 1.82) is 0 Å². The Hall–Kier alpha value is -2.16. The molecule has 0 heterocycles. The molecule has 0 aromatic heterocycles. The third-order valence-electron chi connectivity index (χ3n) is 3.14. The van der Waals surface area contributed by atoms with Crippen LogP contribution in [0.15, 0.2) is 54.6 Å². The maximum absolute atomic E-state index is 14.0. The summed E-state index contributed by atoms with van der Waals surface area (Å²) in [7, 11) is 0. The van der Waals surface area contributed by atoms with Crippen LogP contribution >= 0.6 is 0 Å². The predicted molar refractivity (Wildman–Crippen MR) is 77.9 cm³/mol. The largest absolute Gasteiger partial charge is 0.352 e. The summed E-state index contributed by atoms with van der Waals surface area (Å²) in [5.41, 5.74) is 2.63. The summed E-state index contributed by atoms with van der Waals surface area (Å²) in [6, 6.07) is 16.7. The maximum atomic E-state index is 14.0. The SMILES string of the molecule is Cc1ccc(C(F)CC(=O)NCc2ccccc2)cc1. The molecule has 2 aromatic carbocycles. The highest BCUT2D eigenvalue weighted by atomic mass is 19.1. The van der Waals surface area contributed by atoms with E-state index < -0.39 is 6.17 Å². The van der Waals surface area contributed by atoms with Crippen LogP contribution in [-0.4, -0.2) is 5.91 Å². The van der Waals surface area contributed by atoms with Crippen LogP contribution in [0.3, 0.4) is 0 Å². The molecule has 1 atom stereocenters. The van der Waals surface area contributed by atoms with Gasteiger partial charge in [0.25, 0.3) is 0 Å². The van der Waals surface area contributed by atoms with Gasteiger partial charge in [0.2, 0.25) is 5.91 Å². The Morgan fingerprint density at radius 1 is 1.10 bits per heavy atom. The number of nitrogens with one attached hydrogen (secondary N) is 1. The molecular formula is C17H18FNO. The minimum atomic E-state index is -1.26. The van der Waals surface area contributed by atoms with Crippen molar-refractivity contribution < 1.29 is 9.18 Å². The highest BCUT2D eigenvalue weighted by Crippen LogP contribution is 2.21. The second kappa shape index (κ2) is 6.85. The van der Waals surface area contributed by atoms with E-state index >= 15 is 0 Å². The number of carbonyl (C=O) groups is 1. The number of amides is 1. The molecule has 20 heavy (non-hydrogen) atoms. The quantitative estimate of drug-likeness (QED) is 0.882. The Balaban J connectivity index is 1.83. The van der Waals surface area contributed by atoms with Crippen molar-refractivity contribution >= 4 is 5.91 Å². The number of benzene rings is 2. The van der Waals surface area contributed by atoms with Crippen LogP contribution in [0.2, 0.25) is 0 Å². The number of alkyl halides is 1. The number of halogens is 1. The zero-order valence-corrected chi connectivity index (χ0v) is 11.5. The Labute approximate surface area is 118 Å². The molecule has 1 N–H and O–H groups in total. The first kappa shape index (κ1) is 14.3. The molecule has 0 saturated carbocycles. The lowest BCUT2D eigenvalue weighted by Crippen LogP contribution is -2.23. The molecule has 0 aliphatic heterocycles. The number of carbonyl (C=O) groups excluding carboxylic acids is 1. The lowest BCUT2D eigenvalue weighted by molar-refractivity contribution is -0.122. The summed E-state index contributed by atoms with van der Waals surface area (Å²) in [6.45, 7) is 2.38. The standard InChI is InChI=1S/C17H18FNO/c1-13-7-9-15(10-8-13)16(18)11-17(20)19-12-14-5-3-2-4-6-14/h2-10,16H,11-12H2,1H3,(H,19,20). The van der Waals surface area contributed by atoms with Crippen molar-refractivity contribution in [1.82, 2.24) is 5.32 Å². The Morgan fingerprint density at radius 2 is 1.75 bits per heavy atom. The minimum absolute atomic E-state index is 0.143. The van der Waals surface area contributed by atoms with Crippen molar-refractivity contribution in [3.8, 4) is 0 Å². The lowest BCUT2D eigenvalue weighted by Gasteiger charge is -2.10. The van der Waals surface area contributed by atoms with Gasteiger partial charge in [-0.15, -0.1) is 0 Å². The monoisotopic (exact) mass is 271 g/mol. The molecule has 0 aliphatic carbocycles. The van der Waals surface area contributed by atoms with Gasteiger partial charge < -0.3 is 5.32 Å². The summed E-state index contributed by atoms with van der Waals surface area (Å²) < 4.78 is 14.0. The molecule has 2 rings (SSSR count). The van der Waals surface area contributed by atoms with Gasteiger partial charge in [-0.3, -0.25) is 4.79 Å². The van der Waals surface area contributed by atoms with E-state index in [1.807, 2.05) is 49.4 Å². The minimum Gasteiger partial charge on any atom is -0.352 e. The van der Waals surface area contributed by atoms with E-state index in [9.17, 15) is 9.18 Å². The molecule has 1 unspecified atom stereocenters. The average Bonchev–Trinajstić information content (AvgIpc) is 2.47. The van der Waals surface area contributed by atoms with Gasteiger partial charge in [0.1, 0.15) is 6.17 Å². The highest BCUT2D eigenvalue weighted by Gasteiger charge is 2.14. The topological polar surface area (TPSA) is 29.1 Å². The van der Waals surface area contributed by atoms with Gasteiger partial charge in [0.15, 0.2) is 0 Å². The van der Waals surface area contributed by atoms with E-state index in [-0.39, 0.29) is 12.3 Å². The van der Waals surface area contributed by atoms with Crippen LogP contribution in [0.1, 0.15) is 29.3 Å². The Bertz CT molecular complexity index is 551. The Kier molecular flexibility index (Phi) is 4.88. The number of hydrogen-bond donors (Lipinski definition) is 1. The molecule has 0 aliphatic rings. The summed E-state index contributed by atoms with van der Waals surface area (Å²) in [6.07, 6.45) is -1.40. The van der Waals surface area contributed by atoms with Gasteiger partial charge in [-0.05, 0) is 18.1 Å². The van der Waals surface area contributed by atoms with Crippen molar-refractivity contribution in [2.75, 3.05) is 0 Å². The molecule has 0 fully saturated rings. The first-order chi connectivity index (χ1) is 9.65. The summed E-state index contributed by atoms with van der Waals surface area (Å²) >= 11 is 0. The summed E-state index contributed by atoms with van der Waals surface area (Å²) in [5.74, 6) is -0.276. The predicted octanol–water partition coefficient (Wildman–Crippen LogP) is 3.71. The highest BCUT2D eigenvalue weighted by molar-refractivity contribution is 5.76. The van der Waals surface area contributed by atoms with Crippen LogP contribution in [0.4, 0.5) is 4.39 Å². The fraction of sp³-hybridized carbons (Fsp3) is 0.235. The van der Waals surface area contributed by atoms with Crippen LogP contribution in [0.25, 0.3) is 0 Å². The van der Waals surface area contributed by atoms with Crippen molar-refractivity contribution in [3.63, 3.8) is 0 Å². The second-order valence-corrected chi connectivity index (χ2v) is 4.84. The molecule has 0 radical (unpaired) electrons. The number of hydrogen-bond acceptors (Lipinski definition) is 1. The molecule has 2 nitrogen and oxygen atoms in total. The van der Waals surface area contributed by atoms with E-state index in [1.54, 1.807) is 12.1 Å². The van der Waals surface area contributed by atoms with Crippen LogP contribution in [-0.2, 0) is 11.3 Å². The third-order valence-corrected chi connectivity index (χ3v) is 3.14. The van der Waals surface area contributed by atoms with E-state index in [0.29, 0.717) is 12.1 Å². The fourth-order valence-electron chi connectivity index (χ4n) is 1.92. The zero-order valence-electron chi connectivity index (χ0n) is 11.5. The van der Waals surface area contributed by atoms with Gasteiger partial charge in [-0.25, -0.2) is 4.39 Å². The number of rotatable bonds is 5. The van der Waals surface area contributed by atoms with Crippen LogP contribution < -0.4 is 5.32 Å². The van der Waals surface area contributed by atoms with Gasteiger partial charge in [-0.2, -0.15) is 0 Å². The van der Waals surface area contributed by atoms with E-state index in [2.05, 4.69) is 5.32 Å². The molecule has 2 aromatic rings. The van der Waals surface area contributed by atoms with Gasteiger partial charge in [0.05, 0.1) is 6.42 Å². The average molecular weight is 271 g/mol. The molecule has 0 spiro atoms. The van der Waals surface area contributed by atoms with Crippen LogP contribution in [0, 0.1) is 6.92 Å². The summed E-state index contributed by atoms with van der Waals surface area (Å²) in [5, 5.41) is 2.73. The molecule has 0 saturated heterocycles. The third kappa shape index (κ3) is 4.19. The van der Waals surface area contributed by atoms with E-state index in [4.69, 9.17) is 0 Å². The molecule has 0 bridgehead atoms. The van der Waals surface area contributed by atoms with Crippen molar-refractivity contribution in [2.24, 2.45) is 0 Å². The summed E-state index contributed by atoms with van der Waals surface area (Å²) in [4.78, 5) is 11.7. The lowest BCUT2D eigenvalue weighted by atomic mass is 10.1. The fourth-order valence-corrected chi connectivity index (χ4v) is 1.92. The number of aryl methyl sites for hydroxylation is 1. The maximum Gasteiger partial charge on any atom is 0.223 e. The van der Waals surface area contributed by atoms with Crippen LogP contribution in [0.5, 0.6) is 0 Å². The zero-order chi connectivity index (χ0) is 14.4. The normalized spacial score (nSPS) is 11.9. The molecular weight excluding hydrogens is 253 g/mol. The van der Waals surface area contributed by atoms with E-state index in [0.717, 1.165) is 11.1 Å². The first-order valence-electron chi connectivity index (χ1n) is 6.66. The molecule has 1 amide bonds. The molecule has 104 valence electrons. The van der Waals surface area contributed by atoms with Crippen molar-refractivity contribution in [2.45, 2.75) is 26.1 Å². The smallest absolute Gasteiger partial charge is 0.223 e. The second-order valence-electron chi connectivity index (χ2n) is 4.84. The first-order valence-corrected chi connectivity index (χ1v) is 6.66. The molecule has 3 heteroatoms. The van der Waals surface area contributed by atoms with Gasteiger partial charge in [0, 0.05) is 6.54 Å². The van der Waals surface area contributed by atoms with Crippen molar-refractivity contribution in [3.05, 3.63) is 71.3 Å². The van der Waals surface area contributed by atoms with E-state index in [1.165, 1.54) is 0 Å². The Morgan fingerprint density at radius 3 is 2.40 bits per heavy atom. The van der Waals surface area contributed by atoms with Gasteiger partial charge >= 0.3 is 0 Å².